The number of hydrogen-bond donors (Lipinski definition) is 1. The van der Waals surface area contributed by atoms with Gasteiger partial charge in [0.25, 0.3) is 0 Å². The van der Waals surface area contributed by atoms with Crippen molar-refractivity contribution in [3.05, 3.63) is 17.7 Å². The summed E-state index contributed by atoms with van der Waals surface area (Å²) >= 11 is 0. The summed E-state index contributed by atoms with van der Waals surface area (Å²) in [4.78, 5) is 4.35. The average molecular weight is 180 g/mol. The maximum atomic E-state index is 5.40. The first-order chi connectivity index (χ1) is 6.22. The van der Waals surface area contributed by atoms with E-state index in [1.165, 1.54) is 0 Å². The van der Waals surface area contributed by atoms with Crippen molar-refractivity contribution in [2.45, 2.75) is 26.7 Å². The van der Waals surface area contributed by atoms with Crippen LogP contribution in [-0.2, 0) is 12.8 Å². The summed E-state index contributed by atoms with van der Waals surface area (Å²) in [6.45, 7) is 4.89. The van der Waals surface area contributed by atoms with E-state index in [0.29, 0.717) is 18.9 Å². The average Bonchev–Trinajstić information content (AvgIpc) is 2.04. The fourth-order valence-corrected chi connectivity index (χ4v) is 1.13. The van der Waals surface area contributed by atoms with Crippen LogP contribution in [0.2, 0.25) is 0 Å². The first-order valence-corrected chi connectivity index (χ1v) is 4.60. The molecule has 0 spiro atoms. The summed E-state index contributed by atoms with van der Waals surface area (Å²) in [7, 11) is 0. The molecule has 0 atom stereocenters. The molecule has 0 aliphatic rings. The van der Waals surface area contributed by atoms with Gasteiger partial charge in [0.15, 0.2) is 5.82 Å². The molecule has 1 heterocycles. The van der Waals surface area contributed by atoms with Crippen molar-refractivity contribution >= 4 is 0 Å². The maximum Gasteiger partial charge on any atom is 0.152 e. The third-order valence-electron chi connectivity index (χ3n) is 1.64. The molecule has 0 radical (unpaired) electrons. The fourth-order valence-electron chi connectivity index (χ4n) is 1.13. The summed E-state index contributed by atoms with van der Waals surface area (Å²) < 4.78 is 0. The van der Waals surface area contributed by atoms with Gasteiger partial charge in [-0.15, -0.1) is 5.10 Å². The van der Waals surface area contributed by atoms with Gasteiger partial charge in [0.05, 0.1) is 11.9 Å². The Morgan fingerprint density at radius 3 is 2.85 bits per heavy atom. The van der Waals surface area contributed by atoms with Gasteiger partial charge in [0, 0.05) is 6.42 Å². The first-order valence-electron chi connectivity index (χ1n) is 4.60. The molecule has 0 aliphatic carbocycles. The quantitative estimate of drug-likeness (QED) is 0.735. The molecule has 0 amide bonds. The van der Waals surface area contributed by atoms with Gasteiger partial charge >= 0.3 is 0 Å². The molecule has 1 aromatic heterocycles. The van der Waals surface area contributed by atoms with Crippen molar-refractivity contribution in [1.29, 1.82) is 0 Å². The zero-order valence-corrected chi connectivity index (χ0v) is 8.20. The van der Waals surface area contributed by atoms with E-state index in [9.17, 15) is 0 Å². The molecule has 13 heavy (non-hydrogen) atoms. The Balaban J connectivity index is 2.67. The highest BCUT2D eigenvalue weighted by atomic mass is 15.1. The summed E-state index contributed by atoms with van der Waals surface area (Å²) in [5.74, 6) is 1.35. The van der Waals surface area contributed by atoms with E-state index in [2.05, 4.69) is 29.0 Å². The van der Waals surface area contributed by atoms with Crippen LogP contribution in [0.3, 0.4) is 0 Å². The minimum Gasteiger partial charge on any atom is -0.330 e. The summed E-state index contributed by atoms with van der Waals surface area (Å²) in [6, 6.07) is 0. The molecule has 72 valence electrons. The second-order valence-electron chi connectivity index (χ2n) is 3.50. The zero-order chi connectivity index (χ0) is 9.68. The van der Waals surface area contributed by atoms with Gasteiger partial charge in [-0.3, -0.25) is 0 Å². The highest BCUT2D eigenvalue weighted by Gasteiger charge is 2.02. The minimum absolute atomic E-state index is 0.576. The molecule has 4 heteroatoms. The molecule has 4 nitrogen and oxygen atoms in total. The summed E-state index contributed by atoms with van der Waals surface area (Å²) in [6.07, 6.45) is 3.38. The normalized spacial score (nSPS) is 10.8. The molecule has 0 bridgehead atoms. The van der Waals surface area contributed by atoms with Gasteiger partial charge in [0.2, 0.25) is 0 Å². The van der Waals surface area contributed by atoms with Crippen LogP contribution in [0, 0.1) is 5.92 Å². The lowest BCUT2D eigenvalue weighted by Gasteiger charge is -2.03. The van der Waals surface area contributed by atoms with Crippen molar-refractivity contribution in [2.75, 3.05) is 6.54 Å². The number of nitrogens with zero attached hydrogens (tertiary/aromatic N) is 3. The van der Waals surface area contributed by atoms with E-state index in [4.69, 9.17) is 5.73 Å². The number of aromatic nitrogens is 3. The van der Waals surface area contributed by atoms with Crippen molar-refractivity contribution in [3.63, 3.8) is 0 Å². The van der Waals surface area contributed by atoms with Crippen LogP contribution >= 0.6 is 0 Å². The van der Waals surface area contributed by atoms with Crippen LogP contribution in [0.1, 0.15) is 25.4 Å². The van der Waals surface area contributed by atoms with Crippen LogP contribution < -0.4 is 5.73 Å². The Labute approximate surface area is 78.6 Å². The second-order valence-corrected chi connectivity index (χ2v) is 3.50. The van der Waals surface area contributed by atoms with Crippen LogP contribution in [0.5, 0.6) is 0 Å². The lowest BCUT2D eigenvalue weighted by molar-refractivity contribution is 0.622. The van der Waals surface area contributed by atoms with Gasteiger partial charge < -0.3 is 5.73 Å². The number of rotatable bonds is 4. The second kappa shape index (κ2) is 4.87. The zero-order valence-electron chi connectivity index (χ0n) is 8.20. The Bertz CT molecular complexity index is 260. The van der Waals surface area contributed by atoms with Gasteiger partial charge in [-0.1, -0.05) is 13.8 Å². The van der Waals surface area contributed by atoms with Gasteiger partial charge in [-0.2, -0.15) is 5.10 Å². The van der Waals surface area contributed by atoms with Crippen molar-refractivity contribution in [1.82, 2.24) is 15.2 Å². The Hall–Kier alpha value is -1.03. The van der Waals surface area contributed by atoms with E-state index in [-0.39, 0.29) is 0 Å². The van der Waals surface area contributed by atoms with Gasteiger partial charge in [-0.05, 0) is 18.9 Å². The highest BCUT2D eigenvalue weighted by molar-refractivity contribution is 4.97. The predicted octanol–water partition coefficient (Wildman–Crippen LogP) is 0.571. The van der Waals surface area contributed by atoms with E-state index in [0.717, 1.165) is 17.9 Å². The number of hydrogen-bond acceptors (Lipinski definition) is 4. The van der Waals surface area contributed by atoms with E-state index in [1.54, 1.807) is 6.20 Å². The van der Waals surface area contributed by atoms with Crippen LogP contribution in [-0.4, -0.2) is 21.7 Å². The molecule has 2 N–H and O–H groups in total. The maximum absolute atomic E-state index is 5.40. The predicted molar refractivity (Wildman–Crippen MR) is 51.1 cm³/mol. The van der Waals surface area contributed by atoms with Gasteiger partial charge in [0.1, 0.15) is 0 Å². The smallest absolute Gasteiger partial charge is 0.152 e. The largest absolute Gasteiger partial charge is 0.330 e. The topological polar surface area (TPSA) is 64.7 Å². The van der Waals surface area contributed by atoms with Crippen LogP contribution in [0.4, 0.5) is 0 Å². The van der Waals surface area contributed by atoms with E-state index >= 15 is 0 Å². The molecule has 0 aromatic carbocycles. The van der Waals surface area contributed by atoms with Crippen LogP contribution in [0.25, 0.3) is 0 Å². The molecule has 0 saturated heterocycles. The Morgan fingerprint density at radius 2 is 2.23 bits per heavy atom. The Kier molecular flexibility index (Phi) is 3.76. The summed E-state index contributed by atoms with van der Waals surface area (Å²) in [5, 5.41) is 7.78. The molecule has 0 fully saturated rings. The van der Waals surface area contributed by atoms with E-state index in [1.807, 2.05) is 0 Å². The lowest BCUT2D eigenvalue weighted by atomic mass is 10.1. The first kappa shape index (κ1) is 10.1. The standard InChI is InChI=1S/C9H16N4/c1-7(2)5-8-6-11-13-9(12-8)3-4-10/h6-7H,3-5,10H2,1-2H3. The van der Waals surface area contributed by atoms with Crippen molar-refractivity contribution in [2.24, 2.45) is 11.7 Å². The van der Waals surface area contributed by atoms with Crippen LogP contribution in [0.15, 0.2) is 6.20 Å². The van der Waals surface area contributed by atoms with E-state index < -0.39 is 0 Å². The minimum atomic E-state index is 0.576. The SMILES string of the molecule is CC(C)Cc1cnnc(CCN)n1. The third-order valence-corrected chi connectivity index (χ3v) is 1.64. The lowest BCUT2D eigenvalue weighted by Crippen LogP contribution is -2.09. The van der Waals surface area contributed by atoms with Crippen molar-refractivity contribution in [3.8, 4) is 0 Å². The molecule has 0 saturated carbocycles. The molecule has 0 aliphatic heterocycles. The molecule has 1 aromatic rings. The number of nitrogens with two attached hydrogens (primary N) is 1. The molecular formula is C9H16N4. The Morgan fingerprint density at radius 1 is 1.46 bits per heavy atom. The monoisotopic (exact) mass is 180 g/mol. The van der Waals surface area contributed by atoms with Crippen molar-refractivity contribution < 1.29 is 0 Å². The highest BCUT2D eigenvalue weighted by Crippen LogP contribution is 2.03. The molecule has 0 unspecified atom stereocenters. The van der Waals surface area contributed by atoms with Gasteiger partial charge in [-0.25, -0.2) is 4.98 Å². The third kappa shape index (κ3) is 3.46. The fraction of sp³-hybridized carbons (Fsp3) is 0.667. The molecule has 1 rings (SSSR count). The molecular weight excluding hydrogens is 164 g/mol. The summed E-state index contributed by atoms with van der Waals surface area (Å²) in [5.41, 5.74) is 6.41.